The summed E-state index contributed by atoms with van der Waals surface area (Å²) in [5.41, 5.74) is 1.00. The van der Waals surface area contributed by atoms with Crippen LogP contribution in [0, 0.1) is 17.2 Å². The van der Waals surface area contributed by atoms with Crippen LogP contribution in [0.3, 0.4) is 0 Å². The normalized spacial score (nSPS) is 11.5. The Hall–Kier alpha value is -1.34. The van der Waals surface area contributed by atoms with Crippen LogP contribution in [0.2, 0.25) is 0 Å². The van der Waals surface area contributed by atoms with E-state index >= 15 is 0 Å². The number of halogens is 1. The lowest BCUT2D eigenvalue weighted by Gasteiger charge is -2.06. The number of carbonyl (C=O) groups is 1. The molecule has 4 heteroatoms. The lowest BCUT2D eigenvalue weighted by atomic mass is 10.2. The molecule has 0 aliphatic rings. The average Bonchev–Trinajstić information content (AvgIpc) is 2.25. The summed E-state index contributed by atoms with van der Waals surface area (Å²) in [5, 5.41) is 11.2. The van der Waals surface area contributed by atoms with E-state index < -0.39 is 5.92 Å². The zero-order valence-corrected chi connectivity index (χ0v) is 9.91. The molecule has 0 saturated carbocycles. The molecule has 3 nitrogen and oxygen atoms in total. The minimum atomic E-state index is -0.600. The van der Waals surface area contributed by atoms with Gasteiger partial charge in [-0.05, 0) is 24.6 Å². The fraction of sp³-hybridized carbons (Fsp3) is 0.273. The SMILES string of the molecule is CC(C#N)C(=O)NCc1cccc(Br)c1. The van der Waals surface area contributed by atoms with Gasteiger partial charge in [0.1, 0.15) is 5.92 Å². The summed E-state index contributed by atoms with van der Waals surface area (Å²) in [5.74, 6) is -0.838. The summed E-state index contributed by atoms with van der Waals surface area (Å²) in [6.45, 7) is 2.03. The van der Waals surface area contributed by atoms with E-state index in [0.29, 0.717) is 6.54 Å². The van der Waals surface area contributed by atoms with Gasteiger partial charge in [-0.1, -0.05) is 28.1 Å². The number of rotatable bonds is 3. The van der Waals surface area contributed by atoms with Gasteiger partial charge in [-0.2, -0.15) is 5.26 Å². The quantitative estimate of drug-likeness (QED) is 0.912. The van der Waals surface area contributed by atoms with Crippen molar-refractivity contribution in [3.63, 3.8) is 0 Å². The van der Waals surface area contributed by atoms with Crippen LogP contribution in [0.4, 0.5) is 0 Å². The Morgan fingerprint density at radius 3 is 3.00 bits per heavy atom. The number of nitrogens with one attached hydrogen (secondary N) is 1. The summed E-state index contributed by atoms with van der Waals surface area (Å²) in [4.78, 5) is 11.3. The van der Waals surface area contributed by atoms with E-state index in [0.717, 1.165) is 10.0 Å². The number of carbonyl (C=O) groups excluding carboxylic acids is 1. The van der Waals surface area contributed by atoms with Crippen molar-refractivity contribution < 1.29 is 4.79 Å². The maximum Gasteiger partial charge on any atom is 0.237 e. The molecule has 0 bridgehead atoms. The molecule has 1 aromatic rings. The first-order valence-electron chi connectivity index (χ1n) is 4.55. The van der Waals surface area contributed by atoms with E-state index in [-0.39, 0.29) is 5.91 Å². The Bertz CT molecular complexity index is 398. The molecule has 0 aromatic heterocycles. The molecule has 0 spiro atoms. The molecule has 15 heavy (non-hydrogen) atoms. The molecule has 0 aliphatic carbocycles. The number of amides is 1. The Morgan fingerprint density at radius 2 is 2.40 bits per heavy atom. The minimum Gasteiger partial charge on any atom is -0.351 e. The molecule has 78 valence electrons. The lowest BCUT2D eigenvalue weighted by Crippen LogP contribution is -2.27. The zero-order valence-electron chi connectivity index (χ0n) is 8.33. The van der Waals surface area contributed by atoms with Crippen molar-refractivity contribution in [1.82, 2.24) is 5.32 Å². The Kier molecular flexibility index (Phi) is 4.32. The van der Waals surface area contributed by atoms with Crippen LogP contribution in [0.5, 0.6) is 0 Å². The highest BCUT2D eigenvalue weighted by Crippen LogP contribution is 2.11. The fourth-order valence-electron chi connectivity index (χ4n) is 1.05. The third-order valence-corrected chi connectivity index (χ3v) is 2.44. The smallest absolute Gasteiger partial charge is 0.237 e. The predicted octanol–water partition coefficient (Wildman–Crippen LogP) is 2.22. The van der Waals surface area contributed by atoms with Crippen LogP contribution >= 0.6 is 15.9 Å². The minimum absolute atomic E-state index is 0.238. The summed E-state index contributed by atoms with van der Waals surface area (Å²) < 4.78 is 0.975. The number of nitriles is 1. The van der Waals surface area contributed by atoms with Gasteiger partial charge in [0.25, 0.3) is 0 Å². The highest BCUT2D eigenvalue weighted by Gasteiger charge is 2.10. The molecule has 1 rings (SSSR count). The van der Waals surface area contributed by atoms with E-state index in [1.54, 1.807) is 6.92 Å². The summed E-state index contributed by atoms with van der Waals surface area (Å²) >= 11 is 3.35. The van der Waals surface area contributed by atoms with E-state index in [9.17, 15) is 4.79 Å². The van der Waals surface area contributed by atoms with Crippen molar-refractivity contribution in [3.05, 3.63) is 34.3 Å². The third-order valence-electron chi connectivity index (χ3n) is 1.94. The van der Waals surface area contributed by atoms with E-state index in [4.69, 9.17) is 5.26 Å². The standard InChI is InChI=1S/C11H11BrN2O/c1-8(6-13)11(15)14-7-9-3-2-4-10(12)5-9/h2-5,8H,7H2,1H3,(H,14,15). The summed E-state index contributed by atoms with van der Waals surface area (Å²) in [6.07, 6.45) is 0. The summed E-state index contributed by atoms with van der Waals surface area (Å²) in [6, 6.07) is 9.56. The molecule has 0 aliphatic heterocycles. The number of hydrogen-bond donors (Lipinski definition) is 1. The Balaban J connectivity index is 2.51. The van der Waals surface area contributed by atoms with Crippen molar-refractivity contribution in [1.29, 1.82) is 5.26 Å². The van der Waals surface area contributed by atoms with Crippen LogP contribution in [-0.2, 0) is 11.3 Å². The molecule has 0 saturated heterocycles. The van der Waals surface area contributed by atoms with Crippen molar-refractivity contribution >= 4 is 21.8 Å². The molecule has 0 fully saturated rings. The molecule has 0 radical (unpaired) electrons. The molecular weight excluding hydrogens is 256 g/mol. The van der Waals surface area contributed by atoms with Gasteiger partial charge in [-0.15, -0.1) is 0 Å². The van der Waals surface area contributed by atoms with Gasteiger partial charge < -0.3 is 5.32 Å². The molecule has 1 amide bonds. The van der Waals surface area contributed by atoms with Gasteiger partial charge >= 0.3 is 0 Å². The molecule has 0 heterocycles. The van der Waals surface area contributed by atoms with Crippen LogP contribution < -0.4 is 5.32 Å². The van der Waals surface area contributed by atoms with Gasteiger partial charge in [0, 0.05) is 11.0 Å². The maximum atomic E-state index is 11.3. The number of benzene rings is 1. The number of hydrogen-bond acceptors (Lipinski definition) is 2. The van der Waals surface area contributed by atoms with Crippen molar-refractivity contribution in [3.8, 4) is 6.07 Å². The van der Waals surface area contributed by atoms with Crippen LogP contribution in [0.25, 0.3) is 0 Å². The van der Waals surface area contributed by atoms with Gasteiger partial charge in [0.05, 0.1) is 6.07 Å². The fourth-order valence-corrected chi connectivity index (χ4v) is 1.49. The van der Waals surface area contributed by atoms with Gasteiger partial charge in [0.2, 0.25) is 5.91 Å². The molecule has 1 N–H and O–H groups in total. The molecule has 1 atom stereocenters. The van der Waals surface area contributed by atoms with Crippen LogP contribution in [0.15, 0.2) is 28.7 Å². The average molecular weight is 267 g/mol. The monoisotopic (exact) mass is 266 g/mol. The second kappa shape index (κ2) is 5.52. The van der Waals surface area contributed by atoms with E-state index in [1.165, 1.54) is 0 Å². The number of nitrogens with zero attached hydrogens (tertiary/aromatic N) is 1. The van der Waals surface area contributed by atoms with Gasteiger partial charge in [0.15, 0.2) is 0 Å². The van der Waals surface area contributed by atoms with E-state index in [1.807, 2.05) is 30.3 Å². The Labute approximate surface area is 97.2 Å². The third kappa shape index (κ3) is 3.72. The molecule has 1 aromatic carbocycles. The lowest BCUT2D eigenvalue weighted by molar-refractivity contribution is -0.123. The topological polar surface area (TPSA) is 52.9 Å². The van der Waals surface area contributed by atoms with E-state index in [2.05, 4.69) is 21.2 Å². The van der Waals surface area contributed by atoms with Crippen molar-refractivity contribution in [2.24, 2.45) is 5.92 Å². The highest BCUT2D eigenvalue weighted by molar-refractivity contribution is 9.10. The highest BCUT2D eigenvalue weighted by atomic mass is 79.9. The summed E-state index contributed by atoms with van der Waals surface area (Å²) in [7, 11) is 0. The van der Waals surface area contributed by atoms with Crippen molar-refractivity contribution in [2.45, 2.75) is 13.5 Å². The first-order valence-corrected chi connectivity index (χ1v) is 5.34. The van der Waals surface area contributed by atoms with Gasteiger partial charge in [-0.3, -0.25) is 4.79 Å². The second-order valence-electron chi connectivity index (χ2n) is 3.20. The molecule has 1 unspecified atom stereocenters. The Morgan fingerprint density at radius 1 is 1.67 bits per heavy atom. The largest absolute Gasteiger partial charge is 0.351 e. The first kappa shape index (κ1) is 11.7. The zero-order chi connectivity index (χ0) is 11.3. The van der Waals surface area contributed by atoms with Gasteiger partial charge in [-0.25, -0.2) is 0 Å². The van der Waals surface area contributed by atoms with Crippen LogP contribution in [-0.4, -0.2) is 5.91 Å². The second-order valence-corrected chi connectivity index (χ2v) is 4.11. The predicted molar refractivity (Wildman–Crippen MR) is 60.8 cm³/mol. The first-order chi connectivity index (χ1) is 7.13. The maximum absolute atomic E-state index is 11.3. The molecular formula is C11H11BrN2O. The van der Waals surface area contributed by atoms with Crippen molar-refractivity contribution in [2.75, 3.05) is 0 Å². The van der Waals surface area contributed by atoms with Crippen LogP contribution in [0.1, 0.15) is 12.5 Å².